The number of nitrogens with one attached hydrogen (secondary N) is 1. The lowest BCUT2D eigenvalue weighted by molar-refractivity contribution is -0.117. The molecule has 2 amide bonds. The SMILES string of the molecule is Cc1ccccc1CSCC(=O)NC(=O)c1ccccc1. The molecule has 0 heterocycles. The minimum atomic E-state index is -0.350. The molecule has 0 atom stereocenters. The highest BCUT2D eigenvalue weighted by Crippen LogP contribution is 2.15. The molecule has 3 nitrogen and oxygen atoms in total. The molecule has 0 aromatic heterocycles. The first-order valence-corrected chi connectivity index (χ1v) is 7.84. The van der Waals surface area contributed by atoms with Gasteiger partial charge in [-0.3, -0.25) is 14.9 Å². The zero-order valence-electron chi connectivity index (χ0n) is 11.8. The quantitative estimate of drug-likeness (QED) is 0.922. The number of thioether (sulfide) groups is 1. The Hall–Kier alpha value is -2.07. The average Bonchev–Trinajstić information content (AvgIpc) is 2.50. The third-order valence-electron chi connectivity index (χ3n) is 3.04. The van der Waals surface area contributed by atoms with Crippen LogP contribution in [-0.4, -0.2) is 17.6 Å². The third kappa shape index (κ3) is 4.76. The fourth-order valence-corrected chi connectivity index (χ4v) is 2.75. The fraction of sp³-hybridized carbons (Fsp3) is 0.176. The number of hydrogen-bond donors (Lipinski definition) is 1. The van der Waals surface area contributed by atoms with Gasteiger partial charge in [-0.1, -0.05) is 42.5 Å². The van der Waals surface area contributed by atoms with Crippen LogP contribution in [0, 0.1) is 6.92 Å². The monoisotopic (exact) mass is 299 g/mol. The van der Waals surface area contributed by atoms with Crippen molar-refractivity contribution in [2.75, 3.05) is 5.75 Å². The molecule has 0 saturated heterocycles. The Kier molecular flexibility index (Phi) is 5.58. The molecule has 0 aliphatic heterocycles. The van der Waals surface area contributed by atoms with Crippen LogP contribution < -0.4 is 5.32 Å². The zero-order chi connectivity index (χ0) is 15.1. The maximum atomic E-state index is 11.8. The van der Waals surface area contributed by atoms with Crippen LogP contribution in [0.3, 0.4) is 0 Å². The molecule has 0 saturated carbocycles. The summed E-state index contributed by atoms with van der Waals surface area (Å²) >= 11 is 1.50. The van der Waals surface area contributed by atoms with Crippen LogP contribution in [-0.2, 0) is 10.5 Å². The van der Waals surface area contributed by atoms with E-state index in [0.717, 1.165) is 5.75 Å². The topological polar surface area (TPSA) is 46.2 Å². The largest absolute Gasteiger partial charge is 0.292 e. The molecule has 1 N–H and O–H groups in total. The molecule has 0 spiro atoms. The maximum absolute atomic E-state index is 11.8. The van der Waals surface area contributed by atoms with Gasteiger partial charge >= 0.3 is 0 Å². The normalized spacial score (nSPS) is 10.1. The molecule has 0 unspecified atom stereocenters. The van der Waals surface area contributed by atoms with Gasteiger partial charge in [0.25, 0.3) is 5.91 Å². The summed E-state index contributed by atoms with van der Waals surface area (Å²) in [4.78, 5) is 23.6. The van der Waals surface area contributed by atoms with Gasteiger partial charge in [-0.05, 0) is 30.2 Å². The van der Waals surface area contributed by atoms with Crippen LogP contribution in [0.5, 0.6) is 0 Å². The molecule has 108 valence electrons. The van der Waals surface area contributed by atoms with Crippen LogP contribution in [0.25, 0.3) is 0 Å². The van der Waals surface area contributed by atoms with Crippen molar-refractivity contribution in [3.05, 3.63) is 71.3 Å². The summed E-state index contributed by atoms with van der Waals surface area (Å²) in [6.45, 7) is 2.05. The minimum absolute atomic E-state index is 0.262. The van der Waals surface area contributed by atoms with Gasteiger partial charge in [-0.15, -0.1) is 11.8 Å². The second-order valence-corrected chi connectivity index (χ2v) is 5.65. The molecule has 0 aliphatic carbocycles. The molecule has 4 heteroatoms. The minimum Gasteiger partial charge on any atom is -0.292 e. The van der Waals surface area contributed by atoms with Gasteiger partial charge in [0.05, 0.1) is 5.75 Å². The predicted molar refractivity (Wildman–Crippen MR) is 86.3 cm³/mol. The summed E-state index contributed by atoms with van der Waals surface area (Å²) in [5.74, 6) is 0.423. The van der Waals surface area contributed by atoms with E-state index in [1.54, 1.807) is 24.3 Å². The van der Waals surface area contributed by atoms with Crippen LogP contribution in [0.1, 0.15) is 21.5 Å². The van der Waals surface area contributed by atoms with E-state index in [1.165, 1.54) is 22.9 Å². The Morgan fingerprint density at radius 3 is 2.38 bits per heavy atom. The fourth-order valence-electron chi connectivity index (χ4n) is 1.85. The van der Waals surface area contributed by atoms with Crippen molar-refractivity contribution < 1.29 is 9.59 Å². The van der Waals surface area contributed by atoms with E-state index < -0.39 is 0 Å². The van der Waals surface area contributed by atoms with Gasteiger partial charge in [-0.2, -0.15) is 0 Å². The Morgan fingerprint density at radius 1 is 1.00 bits per heavy atom. The van der Waals surface area contributed by atoms with Gasteiger partial charge in [-0.25, -0.2) is 0 Å². The van der Waals surface area contributed by atoms with E-state index in [9.17, 15) is 9.59 Å². The lowest BCUT2D eigenvalue weighted by atomic mass is 10.1. The summed E-state index contributed by atoms with van der Waals surface area (Å²) in [6, 6.07) is 16.8. The number of aryl methyl sites for hydroxylation is 1. The van der Waals surface area contributed by atoms with Gasteiger partial charge < -0.3 is 0 Å². The van der Waals surface area contributed by atoms with Crippen molar-refractivity contribution in [1.82, 2.24) is 5.32 Å². The Labute approximate surface area is 128 Å². The molecular weight excluding hydrogens is 282 g/mol. The first-order chi connectivity index (χ1) is 10.2. The van der Waals surface area contributed by atoms with Gasteiger partial charge in [0.2, 0.25) is 5.91 Å². The van der Waals surface area contributed by atoms with Gasteiger partial charge in [0.1, 0.15) is 0 Å². The Bertz CT molecular complexity index is 626. The third-order valence-corrected chi connectivity index (χ3v) is 4.02. The predicted octanol–water partition coefficient (Wildman–Crippen LogP) is 3.18. The number of carbonyl (C=O) groups excluding carboxylic acids is 2. The molecule has 0 radical (unpaired) electrons. The Morgan fingerprint density at radius 2 is 1.67 bits per heavy atom. The lowest BCUT2D eigenvalue weighted by Crippen LogP contribution is -2.31. The summed E-state index contributed by atoms with van der Waals surface area (Å²) in [5, 5.41) is 2.40. The van der Waals surface area contributed by atoms with Crippen molar-refractivity contribution in [2.45, 2.75) is 12.7 Å². The number of benzene rings is 2. The molecule has 2 aromatic carbocycles. The number of amides is 2. The smallest absolute Gasteiger partial charge is 0.257 e. The van der Waals surface area contributed by atoms with E-state index in [0.29, 0.717) is 5.56 Å². The van der Waals surface area contributed by atoms with Crippen LogP contribution in [0.2, 0.25) is 0 Å². The number of rotatable bonds is 5. The van der Waals surface area contributed by atoms with Crippen LogP contribution in [0.15, 0.2) is 54.6 Å². The maximum Gasteiger partial charge on any atom is 0.257 e. The van der Waals surface area contributed by atoms with Gasteiger partial charge in [0.15, 0.2) is 0 Å². The summed E-state index contributed by atoms with van der Waals surface area (Å²) in [7, 11) is 0. The molecule has 0 bridgehead atoms. The average molecular weight is 299 g/mol. The van der Waals surface area contributed by atoms with Crippen molar-refractivity contribution in [3.63, 3.8) is 0 Å². The van der Waals surface area contributed by atoms with Crippen molar-refractivity contribution in [2.24, 2.45) is 0 Å². The number of carbonyl (C=O) groups is 2. The molecule has 2 rings (SSSR count). The van der Waals surface area contributed by atoms with Crippen LogP contribution >= 0.6 is 11.8 Å². The summed E-state index contributed by atoms with van der Waals surface area (Å²) in [5.41, 5.74) is 2.92. The standard InChI is InChI=1S/C17H17NO2S/c1-13-7-5-6-10-15(13)11-21-12-16(19)18-17(20)14-8-3-2-4-9-14/h2-10H,11-12H2,1H3,(H,18,19,20). The highest BCUT2D eigenvalue weighted by atomic mass is 32.2. The van der Waals surface area contributed by atoms with Crippen molar-refractivity contribution >= 4 is 23.6 Å². The Balaban J connectivity index is 1.78. The van der Waals surface area contributed by atoms with Gasteiger partial charge in [0, 0.05) is 11.3 Å². The van der Waals surface area contributed by atoms with Crippen molar-refractivity contribution in [3.8, 4) is 0 Å². The highest BCUT2D eigenvalue weighted by Gasteiger charge is 2.09. The van der Waals surface area contributed by atoms with E-state index in [4.69, 9.17) is 0 Å². The van der Waals surface area contributed by atoms with E-state index >= 15 is 0 Å². The highest BCUT2D eigenvalue weighted by molar-refractivity contribution is 7.99. The number of imide groups is 1. The molecule has 21 heavy (non-hydrogen) atoms. The van der Waals surface area contributed by atoms with Crippen molar-refractivity contribution in [1.29, 1.82) is 0 Å². The molecule has 0 fully saturated rings. The first kappa shape index (κ1) is 15.3. The second kappa shape index (κ2) is 7.64. The summed E-state index contributed by atoms with van der Waals surface area (Å²) < 4.78 is 0. The van der Waals surface area contributed by atoms with E-state index in [-0.39, 0.29) is 17.6 Å². The molecule has 0 aliphatic rings. The zero-order valence-corrected chi connectivity index (χ0v) is 12.7. The second-order valence-electron chi connectivity index (χ2n) is 4.66. The molecule has 2 aromatic rings. The van der Waals surface area contributed by atoms with E-state index in [2.05, 4.69) is 24.4 Å². The summed E-state index contributed by atoms with van der Waals surface area (Å²) in [6.07, 6.45) is 0. The first-order valence-electron chi connectivity index (χ1n) is 6.68. The van der Waals surface area contributed by atoms with Crippen LogP contribution in [0.4, 0.5) is 0 Å². The van der Waals surface area contributed by atoms with E-state index in [1.807, 2.05) is 18.2 Å². The molecular formula is C17H17NO2S. The lowest BCUT2D eigenvalue weighted by Gasteiger charge is -2.06. The number of hydrogen-bond acceptors (Lipinski definition) is 3.